The molecule has 7 heteroatoms. The van der Waals surface area contributed by atoms with E-state index in [-0.39, 0.29) is 12.8 Å². The molecule has 0 saturated carbocycles. The number of halogens is 6. The van der Waals surface area contributed by atoms with Crippen molar-refractivity contribution in [3.8, 4) is 0 Å². The summed E-state index contributed by atoms with van der Waals surface area (Å²) in [5, 5.41) is -1.57. The molecule has 0 aromatic carbocycles. The van der Waals surface area contributed by atoms with Crippen LogP contribution in [0.3, 0.4) is 0 Å². The molecular weight excluding hydrogens is 235 g/mol. The van der Waals surface area contributed by atoms with Gasteiger partial charge in [0.1, 0.15) is 5.75 Å². The van der Waals surface area contributed by atoms with Crippen LogP contribution < -0.4 is 0 Å². The Labute approximate surface area is 78.5 Å². The Bertz CT molecular complexity index is 194. The predicted molar refractivity (Wildman–Crippen MR) is 47.1 cm³/mol. The molecule has 0 bridgehead atoms. The van der Waals surface area contributed by atoms with E-state index in [2.05, 4.69) is 6.58 Å². The highest BCUT2D eigenvalue weighted by Gasteiger charge is 2.63. The van der Waals surface area contributed by atoms with Gasteiger partial charge >= 0.3 is 0 Å². The van der Waals surface area contributed by atoms with Crippen LogP contribution in [0.5, 0.6) is 0 Å². The average Bonchev–Trinajstić information content (AvgIpc) is 1.75. The van der Waals surface area contributed by atoms with Crippen LogP contribution in [-0.4, -0.2) is 11.1 Å². The Hall–Kier alpha value is 0.0300. The largest absolute Gasteiger partial charge is 0.287 e. The van der Waals surface area contributed by atoms with Crippen molar-refractivity contribution < 1.29 is 19.4 Å². The summed E-state index contributed by atoms with van der Waals surface area (Å²) in [5.41, 5.74) is 0. The van der Waals surface area contributed by atoms with E-state index in [0.29, 0.717) is 0 Å². The summed E-state index contributed by atoms with van der Waals surface area (Å²) >= 11 is 5.11. The maximum absolute atomic E-state index is 11.8. The monoisotopic (exact) mass is 244 g/mol. The zero-order chi connectivity index (χ0) is 10.8. The number of hydrogen-bond donors (Lipinski definition) is 0. The van der Waals surface area contributed by atoms with Gasteiger partial charge in [0.25, 0.3) is 10.2 Å². The average molecular weight is 245 g/mol. The van der Waals surface area contributed by atoms with Crippen molar-refractivity contribution in [3.05, 3.63) is 12.7 Å². The summed E-state index contributed by atoms with van der Waals surface area (Å²) in [6.07, 6.45) is 1.39. The number of hydrogen-bond acceptors (Lipinski definition) is 0. The maximum Gasteiger partial charge on any atom is 0.287 e. The van der Waals surface area contributed by atoms with Crippen molar-refractivity contribution in [2.45, 2.75) is 18.2 Å². The first-order valence-electron chi connectivity index (χ1n) is 3.41. The fourth-order valence-electron chi connectivity index (χ4n) is 0.724. The van der Waals surface area contributed by atoms with Crippen molar-refractivity contribution >= 4 is 21.8 Å². The Morgan fingerprint density at radius 1 is 1.23 bits per heavy atom. The van der Waals surface area contributed by atoms with Crippen molar-refractivity contribution in [2.24, 2.45) is 0 Å². The van der Waals surface area contributed by atoms with Gasteiger partial charge in [0.2, 0.25) is 0 Å². The fraction of sp³-hybridized carbons (Fsp3) is 0.667. The molecule has 0 aromatic rings. The summed E-state index contributed by atoms with van der Waals surface area (Å²) in [5.74, 6) is -2.20. The molecule has 0 aliphatic heterocycles. The smallest absolute Gasteiger partial charge is 0.122 e. The SMILES string of the molecule is C=CCCC(Cl)CS(F)(F)(F)(F)F. The first-order chi connectivity index (χ1) is 5.43. The lowest BCUT2D eigenvalue weighted by atomic mass is 10.2. The second kappa shape index (κ2) is 3.02. The summed E-state index contributed by atoms with van der Waals surface area (Å²) in [6.45, 7) is 3.25. The van der Waals surface area contributed by atoms with Crippen LogP contribution in [0, 0.1) is 0 Å². The van der Waals surface area contributed by atoms with Gasteiger partial charge in [-0.05, 0) is 12.8 Å². The van der Waals surface area contributed by atoms with Gasteiger partial charge in [-0.3, -0.25) is 0 Å². The van der Waals surface area contributed by atoms with E-state index >= 15 is 0 Å². The van der Waals surface area contributed by atoms with Crippen LogP contribution >= 0.6 is 21.8 Å². The molecule has 13 heavy (non-hydrogen) atoms. The molecule has 0 amide bonds. The van der Waals surface area contributed by atoms with Crippen LogP contribution in [0.25, 0.3) is 0 Å². The van der Waals surface area contributed by atoms with Gasteiger partial charge < -0.3 is 0 Å². The number of alkyl halides is 1. The van der Waals surface area contributed by atoms with Gasteiger partial charge in [0, 0.05) is 0 Å². The predicted octanol–water partition coefficient (Wildman–Crippen LogP) is 4.86. The van der Waals surface area contributed by atoms with Crippen LogP contribution in [0.2, 0.25) is 0 Å². The molecule has 82 valence electrons. The third-order valence-corrected chi connectivity index (χ3v) is 2.77. The fourth-order valence-corrected chi connectivity index (χ4v) is 2.41. The third-order valence-electron chi connectivity index (χ3n) is 1.18. The lowest BCUT2D eigenvalue weighted by Gasteiger charge is -2.41. The lowest BCUT2D eigenvalue weighted by molar-refractivity contribution is 0.362. The van der Waals surface area contributed by atoms with Crippen molar-refractivity contribution in [3.63, 3.8) is 0 Å². The first kappa shape index (κ1) is 13.0. The van der Waals surface area contributed by atoms with E-state index in [0.717, 1.165) is 0 Å². The van der Waals surface area contributed by atoms with Crippen molar-refractivity contribution in [1.82, 2.24) is 0 Å². The zero-order valence-electron chi connectivity index (χ0n) is 6.66. The third kappa shape index (κ3) is 9.95. The van der Waals surface area contributed by atoms with Gasteiger partial charge in [0.15, 0.2) is 0 Å². The summed E-state index contributed by atoms with van der Waals surface area (Å²) in [7, 11) is -9.32. The van der Waals surface area contributed by atoms with Gasteiger partial charge in [0.05, 0.1) is 5.38 Å². The number of allylic oxidation sites excluding steroid dienone is 1. The standard InChI is InChI=1S/C6H10ClF5S/c1-2-3-4-6(7)5-13(8,9,10,11)12/h2,6H,1,3-5H2. The van der Waals surface area contributed by atoms with E-state index in [1.54, 1.807) is 0 Å². The van der Waals surface area contributed by atoms with Crippen LogP contribution in [0.4, 0.5) is 19.4 Å². The van der Waals surface area contributed by atoms with Crippen molar-refractivity contribution in [1.29, 1.82) is 0 Å². The molecule has 1 atom stereocenters. The Balaban J connectivity index is 4.22. The van der Waals surface area contributed by atoms with E-state index in [1.807, 2.05) is 0 Å². The van der Waals surface area contributed by atoms with E-state index in [4.69, 9.17) is 11.6 Å². The molecule has 0 aromatic heterocycles. The molecule has 0 fully saturated rings. The Kier molecular flexibility index (Phi) is 3.02. The van der Waals surface area contributed by atoms with E-state index in [9.17, 15) is 19.4 Å². The second-order valence-electron chi connectivity index (χ2n) is 2.76. The van der Waals surface area contributed by atoms with Gasteiger partial charge in [-0.25, -0.2) is 0 Å². The molecule has 1 unspecified atom stereocenters. The van der Waals surface area contributed by atoms with E-state index < -0.39 is 21.4 Å². The van der Waals surface area contributed by atoms with Crippen molar-refractivity contribution in [2.75, 3.05) is 5.75 Å². The summed E-state index contributed by atoms with van der Waals surface area (Å²) in [4.78, 5) is 0. The molecule has 0 rings (SSSR count). The second-order valence-corrected chi connectivity index (χ2v) is 5.97. The quantitative estimate of drug-likeness (QED) is 0.368. The normalized spacial score (nSPS) is 20.2. The molecule has 0 N–H and O–H groups in total. The van der Waals surface area contributed by atoms with Gasteiger partial charge in [-0.1, -0.05) is 25.5 Å². The molecule has 0 nitrogen and oxygen atoms in total. The molecule has 0 spiro atoms. The van der Waals surface area contributed by atoms with Crippen LogP contribution in [0.1, 0.15) is 12.8 Å². The van der Waals surface area contributed by atoms with E-state index in [1.165, 1.54) is 6.08 Å². The lowest BCUT2D eigenvalue weighted by Crippen LogP contribution is -2.19. The van der Waals surface area contributed by atoms with Gasteiger partial charge in [-0.2, -0.15) is 0 Å². The molecule has 0 aliphatic rings. The summed E-state index contributed by atoms with van der Waals surface area (Å²) < 4.78 is 58.9. The van der Waals surface area contributed by atoms with Gasteiger partial charge in [-0.15, -0.1) is 18.2 Å². The van der Waals surface area contributed by atoms with Crippen LogP contribution in [-0.2, 0) is 0 Å². The molecule has 0 saturated heterocycles. The zero-order valence-corrected chi connectivity index (χ0v) is 8.23. The Morgan fingerprint density at radius 3 is 2.00 bits per heavy atom. The topological polar surface area (TPSA) is 0 Å². The minimum absolute atomic E-state index is 0.142. The highest BCUT2D eigenvalue weighted by molar-refractivity contribution is 8.45. The highest BCUT2D eigenvalue weighted by atomic mass is 35.5. The summed E-state index contributed by atoms with van der Waals surface area (Å²) in [6, 6.07) is 0. The first-order valence-corrected chi connectivity index (χ1v) is 5.97. The minimum Gasteiger partial charge on any atom is -0.122 e. The molecule has 0 aliphatic carbocycles. The maximum atomic E-state index is 11.8. The molecular formula is C6H10ClF5S. The molecule has 0 heterocycles. The molecule has 0 radical (unpaired) electrons. The Morgan fingerprint density at radius 2 is 1.69 bits per heavy atom. The highest BCUT2D eigenvalue weighted by Crippen LogP contribution is 2.98. The number of rotatable bonds is 5. The van der Waals surface area contributed by atoms with Crippen LogP contribution in [0.15, 0.2) is 12.7 Å². The minimum atomic E-state index is -9.32.